The first-order valence-electron chi connectivity index (χ1n) is 6.66. The van der Waals surface area contributed by atoms with E-state index < -0.39 is 0 Å². The van der Waals surface area contributed by atoms with Crippen molar-refractivity contribution in [3.63, 3.8) is 0 Å². The number of methoxy groups -OCH3 is 1. The highest BCUT2D eigenvalue weighted by atomic mass is 16.5. The lowest BCUT2D eigenvalue weighted by atomic mass is 9.77. The Morgan fingerprint density at radius 3 is 2.47 bits per heavy atom. The van der Waals surface area contributed by atoms with E-state index in [-0.39, 0.29) is 23.7 Å². The average Bonchev–Trinajstić information content (AvgIpc) is 2.27. The molecule has 0 spiro atoms. The van der Waals surface area contributed by atoms with Gasteiger partial charge in [0, 0.05) is 13.2 Å². The third-order valence-electron chi connectivity index (χ3n) is 4.24. The fourth-order valence-electron chi connectivity index (χ4n) is 2.82. The molecule has 0 aliphatic heterocycles. The molecule has 2 aliphatic rings. The molecule has 0 atom stereocenters. The topological polar surface area (TPSA) is 58.6 Å². The molecule has 4 heteroatoms. The first kappa shape index (κ1) is 12.8. The largest absolute Gasteiger partial charge is 0.393 e. The highest BCUT2D eigenvalue weighted by Gasteiger charge is 2.39. The number of ether oxygens (including phenoxy) is 1. The lowest BCUT2D eigenvalue weighted by Gasteiger charge is -2.40. The predicted octanol–water partition coefficient (Wildman–Crippen LogP) is 1.37. The fourth-order valence-corrected chi connectivity index (χ4v) is 2.82. The maximum absolute atomic E-state index is 11.9. The molecule has 2 fully saturated rings. The van der Waals surface area contributed by atoms with Gasteiger partial charge >= 0.3 is 0 Å². The smallest absolute Gasteiger partial charge is 0.223 e. The minimum Gasteiger partial charge on any atom is -0.393 e. The lowest BCUT2D eigenvalue weighted by molar-refractivity contribution is -0.135. The molecule has 0 unspecified atom stereocenters. The van der Waals surface area contributed by atoms with Crippen LogP contribution in [0.2, 0.25) is 0 Å². The normalized spacial score (nSPS) is 31.6. The van der Waals surface area contributed by atoms with Crippen molar-refractivity contribution in [3.05, 3.63) is 0 Å². The molecule has 0 radical (unpaired) electrons. The molecule has 0 saturated heterocycles. The van der Waals surface area contributed by atoms with Gasteiger partial charge in [-0.1, -0.05) is 0 Å². The number of hydrogen-bond donors (Lipinski definition) is 2. The van der Waals surface area contributed by atoms with Crippen molar-refractivity contribution < 1.29 is 14.6 Å². The molecule has 2 saturated carbocycles. The van der Waals surface area contributed by atoms with Crippen molar-refractivity contribution in [3.8, 4) is 0 Å². The molecule has 0 heterocycles. The molecule has 0 bridgehead atoms. The van der Waals surface area contributed by atoms with Gasteiger partial charge in [0.1, 0.15) is 0 Å². The molecule has 2 aliphatic carbocycles. The van der Waals surface area contributed by atoms with E-state index in [0.29, 0.717) is 6.42 Å². The van der Waals surface area contributed by atoms with E-state index in [1.54, 1.807) is 7.11 Å². The Morgan fingerprint density at radius 1 is 1.35 bits per heavy atom. The summed E-state index contributed by atoms with van der Waals surface area (Å²) < 4.78 is 5.45. The van der Waals surface area contributed by atoms with Gasteiger partial charge in [0.2, 0.25) is 5.91 Å². The van der Waals surface area contributed by atoms with E-state index in [1.807, 2.05) is 0 Å². The number of aliphatic hydroxyl groups excluding tert-OH is 1. The van der Waals surface area contributed by atoms with Crippen LogP contribution in [0.4, 0.5) is 0 Å². The lowest BCUT2D eigenvalue weighted by Crippen LogP contribution is -2.46. The van der Waals surface area contributed by atoms with Crippen molar-refractivity contribution >= 4 is 5.91 Å². The summed E-state index contributed by atoms with van der Waals surface area (Å²) in [5, 5.41) is 12.5. The Balaban J connectivity index is 1.73. The van der Waals surface area contributed by atoms with E-state index >= 15 is 0 Å². The van der Waals surface area contributed by atoms with Crippen LogP contribution in [-0.2, 0) is 9.53 Å². The second-order valence-corrected chi connectivity index (χ2v) is 5.49. The summed E-state index contributed by atoms with van der Waals surface area (Å²) in [6, 6.07) is 0.250. The summed E-state index contributed by atoms with van der Waals surface area (Å²) in [6.45, 7) is 0. The van der Waals surface area contributed by atoms with Crippen LogP contribution >= 0.6 is 0 Å². The predicted molar refractivity (Wildman–Crippen MR) is 64.6 cm³/mol. The zero-order valence-electron chi connectivity index (χ0n) is 10.6. The number of rotatable bonds is 4. The van der Waals surface area contributed by atoms with E-state index in [1.165, 1.54) is 0 Å². The Bertz CT molecular complexity index is 262. The quantitative estimate of drug-likeness (QED) is 0.781. The van der Waals surface area contributed by atoms with Crippen LogP contribution in [0.15, 0.2) is 0 Å². The van der Waals surface area contributed by atoms with Crippen LogP contribution in [0.1, 0.15) is 51.4 Å². The van der Waals surface area contributed by atoms with Gasteiger partial charge in [-0.3, -0.25) is 4.79 Å². The van der Waals surface area contributed by atoms with E-state index in [0.717, 1.165) is 44.9 Å². The van der Waals surface area contributed by atoms with Crippen LogP contribution in [0.5, 0.6) is 0 Å². The van der Waals surface area contributed by atoms with Crippen LogP contribution < -0.4 is 5.32 Å². The van der Waals surface area contributed by atoms with E-state index in [2.05, 4.69) is 5.32 Å². The second kappa shape index (κ2) is 5.36. The second-order valence-electron chi connectivity index (χ2n) is 5.49. The molecule has 0 aromatic carbocycles. The van der Waals surface area contributed by atoms with Crippen molar-refractivity contribution in [2.75, 3.05) is 7.11 Å². The van der Waals surface area contributed by atoms with Gasteiger partial charge in [-0.2, -0.15) is 0 Å². The number of amides is 1. The molecule has 0 aromatic rings. The van der Waals surface area contributed by atoms with Crippen molar-refractivity contribution in [1.29, 1.82) is 0 Å². The monoisotopic (exact) mass is 241 g/mol. The van der Waals surface area contributed by atoms with Gasteiger partial charge in [0.15, 0.2) is 0 Å². The molecular formula is C13H23NO3. The summed E-state index contributed by atoms with van der Waals surface area (Å²) >= 11 is 0. The Hall–Kier alpha value is -0.610. The van der Waals surface area contributed by atoms with E-state index in [9.17, 15) is 9.90 Å². The summed E-state index contributed by atoms with van der Waals surface area (Å²) in [7, 11) is 1.70. The fraction of sp³-hybridized carbons (Fsp3) is 0.923. The Morgan fingerprint density at radius 2 is 2.00 bits per heavy atom. The number of aliphatic hydroxyl groups is 1. The average molecular weight is 241 g/mol. The van der Waals surface area contributed by atoms with E-state index in [4.69, 9.17) is 4.74 Å². The minimum atomic E-state index is -0.182. The number of hydrogen-bond acceptors (Lipinski definition) is 3. The minimum absolute atomic E-state index is 0.105. The summed E-state index contributed by atoms with van der Waals surface area (Å²) in [4.78, 5) is 11.9. The maximum atomic E-state index is 11.9. The zero-order valence-corrected chi connectivity index (χ0v) is 10.6. The summed E-state index contributed by atoms with van der Waals surface area (Å²) in [6.07, 6.45) is 6.89. The molecule has 2 rings (SSSR count). The molecule has 2 N–H and O–H groups in total. The molecule has 1 amide bonds. The number of nitrogens with one attached hydrogen (secondary N) is 1. The van der Waals surface area contributed by atoms with Crippen LogP contribution in [-0.4, -0.2) is 35.9 Å². The molecule has 98 valence electrons. The van der Waals surface area contributed by atoms with Gasteiger partial charge in [-0.05, 0) is 44.9 Å². The summed E-state index contributed by atoms with van der Waals surface area (Å²) in [5.41, 5.74) is -0.182. The first-order chi connectivity index (χ1) is 8.13. The maximum Gasteiger partial charge on any atom is 0.223 e. The third kappa shape index (κ3) is 3.19. The Labute approximate surface area is 103 Å². The Kier molecular flexibility index (Phi) is 4.05. The number of carbonyl (C=O) groups is 1. The van der Waals surface area contributed by atoms with Gasteiger partial charge in [-0.15, -0.1) is 0 Å². The van der Waals surface area contributed by atoms with Crippen LogP contribution in [0, 0.1) is 0 Å². The van der Waals surface area contributed by atoms with Crippen LogP contribution in [0.25, 0.3) is 0 Å². The highest BCUT2D eigenvalue weighted by Crippen LogP contribution is 2.38. The van der Waals surface area contributed by atoms with Gasteiger partial charge in [-0.25, -0.2) is 0 Å². The molecule has 4 nitrogen and oxygen atoms in total. The van der Waals surface area contributed by atoms with Crippen molar-refractivity contribution in [2.24, 2.45) is 0 Å². The summed E-state index contributed by atoms with van der Waals surface area (Å²) in [5.74, 6) is 0.105. The molecule has 17 heavy (non-hydrogen) atoms. The van der Waals surface area contributed by atoms with Crippen LogP contribution in [0.3, 0.4) is 0 Å². The van der Waals surface area contributed by atoms with Gasteiger partial charge in [0.05, 0.1) is 18.1 Å². The highest BCUT2D eigenvalue weighted by molar-refractivity contribution is 5.77. The SMILES string of the molecule is COC1(CC(=O)NC2CCC(O)CC2)CCC1. The molecule has 0 aromatic heterocycles. The third-order valence-corrected chi connectivity index (χ3v) is 4.24. The zero-order chi connectivity index (χ0) is 12.3. The van der Waals surface area contributed by atoms with Gasteiger partial charge < -0.3 is 15.2 Å². The van der Waals surface area contributed by atoms with Crippen molar-refractivity contribution in [2.45, 2.75) is 69.1 Å². The molecular weight excluding hydrogens is 218 g/mol. The standard InChI is InChI=1S/C13H23NO3/c1-17-13(7-2-8-13)9-12(16)14-10-3-5-11(15)6-4-10/h10-11,15H,2-9H2,1H3,(H,14,16). The van der Waals surface area contributed by atoms with Crippen molar-refractivity contribution in [1.82, 2.24) is 5.32 Å². The first-order valence-corrected chi connectivity index (χ1v) is 6.66. The van der Waals surface area contributed by atoms with Gasteiger partial charge in [0.25, 0.3) is 0 Å². The number of carbonyl (C=O) groups excluding carboxylic acids is 1.